The smallest absolute Gasteiger partial charge is 0.270 e. The Hall–Kier alpha value is -2.37. The van der Waals surface area contributed by atoms with E-state index in [-0.39, 0.29) is 11.9 Å². The van der Waals surface area contributed by atoms with Crippen LogP contribution in [0.3, 0.4) is 0 Å². The summed E-state index contributed by atoms with van der Waals surface area (Å²) >= 11 is 0. The van der Waals surface area contributed by atoms with E-state index in [0.29, 0.717) is 12.2 Å². The summed E-state index contributed by atoms with van der Waals surface area (Å²) in [7, 11) is 0. The fourth-order valence-corrected chi connectivity index (χ4v) is 1.93. The predicted molar refractivity (Wildman–Crippen MR) is 82.2 cm³/mol. The summed E-state index contributed by atoms with van der Waals surface area (Å²) in [5.41, 5.74) is 1.35. The molecular formula is C15H21N5O. The summed E-state index contributed by atoms with van der Waals surface area (Å²) in [6, 6.07) is 5.44. The van der Waals surface area contributed by atoms with E-state index >= 15 is 0 Å². The Morgan fingerprint density at radius 3 is 2.90 bits per heavy atom. The van der Waals surface area contributed by atoms with Gasteiger partial charge in [0.1, 0.15) is 5.69 Å². The monoisotopic (exact) mass is 287 g/mol. The van der Waals surface area contributed by atoms with Crippen LogP contribution in [-0.2, 0) is 6.54 Å². The standard InChI is InChI=1S/C15H21N5O/c1-3-7-16-13-5-6-14(17-10-13)15(21)19-12(2)11-20-9-4-8-18-20/h4-6,8-10,12,16H,3,7,11H2,1-2H3,(H,19,21). The predicted octanol–water partition coefficient (Wildman–Crippen LogP) is 1.92. The molecule has 0 radical (unpaired) electrons. The number of rotatable bonds is 7. The number of aromatic nitrogens is 3. The minimum absolute atomic E-state index is 0.0166. The number of nitrogens with zero attached hydrogens (tertiary/aromatic N) is 3. The van der Waals surface area contributed by atoms with Gasteiger partial charge >= 0.3 is 0 Å². The second kappa shape index (κ2) is 7.42. The minimum Gasteiger partial charge on any atom is -0.384 e. The van der Waals surface area contributed by atoms with E-state index in [0.717, 1.165) is 18.7 Å². The van der Waals surface area contributed by atoms with Crippen LogP contribution in [-0.4, -0.2) is 33.3 Å². The van der Waals surface area contributed by atoms with Crippen LogP contribution in [0.1, 0.15) is 30.8 Å². The molecule has 1 atom stereocenters. The number of pyridine rings is 1. The molecule has 2 aromatic heterocycles. The van der Waals surface area contributed by atoms with Gasteiger partial charge in [0.2, 0.25) is 0 Å². The van der Waals surface area contributed by atoms with Crippen LogP contribution < -0.4 is 10.6 Å². The normalized spacial score (nSPS) is 11.9. The van der Waals surface area contributed by atoms with Crippen molar-refractivity contribution in [2.75, 3.05) is 11.9 Å². The van der Waals surface area contributed by atoms with Crippen LogP contribution >= 0.6 is 0 Å². The number of amides is 1. The summed E-state index contributed by atoms with van der Waals surface area (Å²) in [4.78, 5) is 16.3. The average molecular weight is 287 g/mol. The van der Waals surface area contributed by atoms with E-state index in [2.05, 4.69) is 27.6 Å². The van der Waals surface area contributed by atoms with Gasteiger partial charge in [-0.05, 0) is 31.5 Å². The Kier molecular flexibility index (Phi) is 5.31. The third-order valence-electron chi connectivity index (χ3n) is 2.97. The second-order valence-corrected chi connectivity index (χ2v) is 4.96. The first-order valence-corrected chi connectivity index (χ1v) is 7.17. The summed E-state index contributed by atoms with van der Waals surface area (Å²) < 4.78 is 1.79. The van der Waals surface area contributed by atoms with Gasteiger partial charge in [-0.3, -0.25) is 9.48 Å². The summed E-state index contributed by atoms with van der Waals surface area (Å²) in [5.74, 6) is -0.170. The molecule has 6 heteroatoms. The van der Waals surface area contributed by atoms with Crippen LogP contribution in [0.5, 0.6) is 0 Å². The fourth-order valence-electron chi connectivity index (χ4n) is 1.93. The molecule has 0 aliphatic heterocycles. The molecule has 1 amide bonds. The number of carbonyl (C=O) groups excluding carboxylic acids is 1. The summed E-state index contributed by atoms with van der Waals surface area (Å²) in [6.45, 7) is 5.57. The fraction of sp³-hybridized carbons (Fsp3) is 0.400. The SMILES string of the molecule is CCCNc1ccc(C(=O)NC(C)Cn2cccn2)nc1. The van der Waals surface area contributed by atoms with Gasteiger partial charge in [-0.2, -0.15) is 5.10 Å². The van der Waals surface area contributed by atoms with E-state index in [4.69, 9.17) is 0 Å². The molecular weight excluding hydrogens is 266 g/mol. The molecule has 0 aliphatic carbocycles. The molecule has 0 saturated heterocycles. The molecule has 0 spiro atoms. The van der Waals surface area contributed by atoms with Crippen molar-refractivity contribution < 1.29 is 4.79 Å². The van der Waals surface area contributed by atoms with E-state index in [1.807, 2.05) is 25.3 Å². The molecule has 2 N–H and O–H groups in total. The van der Waals surface area contributed by atoms with Crippen LogP contribution in [0.25, 0.3) is 0 Å². The first kappa shape index (κ1) is 15.0. The number of hydrogen-bond acceptors (Lipinski definition) is 4. The Labute approximate surface area is 124 Å². The van der Waals surface area contributed by atoms with Crippen LogP contribution in [0, 0.1) is 0 Å². The molecule has 21 heavy (non-hydrogen) atoms. The zero-order valence-corrected chi connectivity index (χ0v) is 12.4. The van der Waals surface area contributed by atoms with Crippen molar-refractivity contribution in [3.05, 3.63) is 42.5 Å². The summed E-state index contributed by atoms with van der Waals surface area (Å²) in [5, 5.41) is 10.3. The van der Waals surface area contributed by atoms with Gasteiger partial charge in [0.15, 0.2) is 0 Å². The maximum Gasteiger partial charge on any atom is 0.270 e. The number of carbonyl (C=O) groups is 1. The first-order chi connectivity index (χ1) is 10.2. The highest BCUT2D eigenvalue weighted by Crippen LogP contribution is 2.06. The Balaban J connectivity index is 1.87. The second-order valence-electron chi connectivity index (χ2n) is 4.96. The maximum absolute atomic E-state index is 12.1. The van der Waals surface area contributed by atoms with Gasteiger partial charge < -0.3 is 10.6 Å². The van der Waals surface area contributed by atoms with Gasteiger partial charge in [-0.25, -0.2) is 4.98 Å². The molecule has 0 aliphatic rings. The highest BCUT2D eigenvalue weighted by Gasteiger charge is 2.11. The molecule has 2 aromatic rings. The minimum atomic E-state index is -0.170. The molecule has 1 unspecified atom stereocenters. The van der Waals surface area contributed by atoms with Crippen molar-refractivity contribution >= 4 is 11.6 Å². The average Bonchev–Trinajstić information content (AvgIpc) is 2.98. The maximum atomic E-state index is 12.1. The molecule has 0 saturated carbocycles. The van der Waals surface area contributed by atoms with Crippen molar-refractivity contribution in [1.29, 1.82) is 0 Å². The van der Waals surface area contributed by atoms with E-state index in [1.165, 1.54) is 0 Å². The lowest BCUT2D eigenvalue weighted by atomic mass is 10.2. The van der Waals surface area contributed by atoms with E-state index in [9.17, 15) is 4.79 Å². The zero-order chi connectivity index (χ0) is 15.1. The van der Waals surface area contributed by atoms with E-state index < -0.39 is 0 Å². The van der Waals surface area contributed by atoms with Crippen molar-refractivity contribution in [1.82, 2.24) is 20.1 Å². The molecule has 6 nitrogen and oxygen atoms in total. The summed E-state index contributed by atoms with van der Waals surface area (Å²) in [6.07, 6.45) is 6.32. The molecule has 0 aromatic carbocycles. The molecule has 112 valence electrons. The third kappa shape index (κ3) is 4.59. The highest BCUT2D eigenvalue weighted by molar-refractivity contribution is 5.92. The lowest BCUT2D eigenvalue weighted by Crippen LogP contribution is -2.36. The van der Waals surface area contributed by atoms with Crippen molar-refractivity contribution in [3.63, 3.8) is 0 Å². The Morgan fingerprint density at radius 2 is 2.29 bits per heavy atom. The lowest BCUT2D eigenvalue weighted by molar-refractivity contribution is 0.0931. The first-order valence-electron chi connectivity index (χ1n) is 7.17. The van der Waals surface area contributed by atoms with Gasteiger partial charge in [0, 0.05) is 25.0 Å². The lowest BCUT2D eigenvalue weighted by Gasteiger charge is -2.13. The Morgan fingerprint density at radius 1 is 1.43 bits per heavy atom. The highest BCUT2D eigenvalue weighted by atomic mass is 16.1. The zero-order valence-electron chi connectivity index (χ0n) is 12.4. The van der Waals surface area contributed by atoms with Crippen LogP contribution in [0.2, 0.25) is 0 Å². The number of anilines is 1. The van der Waals surface area contributed by atoms with Gasteiger partial charge in [0.25, 0.3) is 5.91 Å². The van der Waals surface area contributed by atoms with Crippen LogP contribution in [0.4, 0.5) is 5.69 Å². The van der Waals surface area contributed by atoms with Crippen molar-refractivity contribution in [3.8, 4) is 0 Å². The van der Waals surface area contributed by atoms with Crippen molar-refractivity contribution in [2.45, 2.75) is 32.9 Å². The number of hydrogen-bond donors (Lipinski definition) is 2. The quantitative estimate of drug-likeness (QED) is 0.816. The largest absolute Gasteiger partial charge is 0.384 e. The third-order valence-corrected chi connectivity index (χ3v) is 2.97. The van der Waals surface area contributed by atoms with Crippen LogP contribution in [0.15, 0.2) is 36.8 Å². The molecule has 2 heterocycles. The topological polar surface area (TPSA) is 71.8 Å². The van der Waals surface area contributed by atoms with Crippen molar-refractivity contribution in [2.24, 2.45) is 0 Å². The molecule has 2 rings (SSSR count). The molecule has 0 bridgehead atoms. The van der Waals surface area contributed by atoms with Gasteiger partial charge in [-0.15, -0.1) is 0 Å². The van der Waals surface area contributed by atoms with E-state index in [1.54, 1.807) is 23.1 Å². The van der Waals surface area contributed by atoms with Gasteiger partial charge in [0.05, 0.1) is 18.4 Å². The molecule has 0 fully saturated rings. The number of nitrogens with one attached hydrogen (secondary N) is 2. The van der Waals surface area contributed by atoms with Gasteiger partial charge in [-0.1, -0.05) is 6.92 Å². The Bertz CT molecular complexity index is 550.